The molecule has 0 bridgehead atoms. The first-order valence-electron chi connectivity index (χ1n) is 9.16. The number of pyridine rings is 1. The number of benzene rings is 1. The number of nitrogens with zero attached hydrogens (tertiary/aromatic N) is 4. The van der Waals surface area contributed by atoms with E-state index in [1.54, 1.807) is 12.4 Å². The van der Waals surface area contributed by atoms with E-state index < -0.39 is 0 Å². The van der Waals surface area contributed by atoms with Gasteiger partial charge < -0.3 is 4.90 Å². The van der Waals surface area contributed by atoms with Gasteiger partial charge in [0.2, 0.25) is 0 Å². The number of hydrogen-bond donors (Lipinski definition) is 1. The van der Waals surface area contributed by atoms with Crippen LogP contribution in [0.2, 0.25) is 0 Å². The van der Waals surface area contributed by atoms with E-state index in [0.717, 1.165) is 48.6 Å². The Labute approximate surface area is 159 Å². The Morgan fingerprint density at radius 3 is 2.70 bits per heavy atom. The quantitative estimate of drug-likeness (QED) is 0.757. The van der Waals surface area contributed by atoms with Crippen LogP contribution in [-0.4, -0.2) is 21.7 Å². The van der Waals surface area contributed by atoms with Gasteiger partial charge in [0, 0.05) is 42.2 Å². The molecule has 1 unspecified atom stereocenters. The standard InChI is InChI=1S/C22H21N5/c1-16-20(13-17-4-6-18(15-23)7-5-17)3-2-12-27(16)22-14-21(25-26-22)19-8-10-24-11-9-19/h4-11,14,20H,1-3,12-13H2,(H,25,26). The van der Waals surface area contributed by atoms with E-state index in [1.807, 2.05) is 36.4 Å². The highest BCUT2D eigenvalue weighted by molar-refractivity contribution is 5.63. The average Bonchev–Trinajstić information content (AvgIpc) is 3.21. The van der Waals surface area contributed by atoms with E-state index in [-0.39, 0.29) is 0 Å². The molecule has 0 radical (unpaired) electrons. The Balaban J connectivity index is 1.50. The van der Waals surface area contributed by atoms with Gasteiger partial charge in [-0.25, -0.2) is 0 Å². The van der Waals surface area contributed by atoms with Crippen molar-refractivity contribution in [3.8, 4) is 17.3 Å². The molecule has 5 nitrogen and oxygen atoms in total. The molecule has 3 aromatic rings. The second-order valence-corrected chi connectivity index (χ2v) is 6.87. The molecule has 2 aromatic heterocycles. The SMILES string of the molecule is C=C1C(Cc2ccc(C#N)cc2)CCCN1c1cc(-c2ccncc2)[nH]n1. The number of H-pyrrole nitrogens is 1. The van der Waals surface area contributed by atoms with Crippen LogP contribution < -0.4 is 4.90 Å². The van der Waals surface area contributed by atoms with Gasteiger partial charge in [0.1, 0.15) is 0 Å². The number of hydrogen-bond acceptors (Lipinski definition) is 4. The summed E-state index contributed by atoms with van der Waals surface area (Å²) in [5.41, 5.74) is 5.10. The van der Waals surface area contributed by atoms with Gasteiger partial charge in [-0.3, -0.25) is 10.1 Å². The van der Waals surface area contributed by atoms with E-state index in [0.29, 0.717) is 11.5 Å². The minimum Gasteiger partial charge on any atom is -0.329 e. The summed E-state index contributed by atoms with van der Waals surface area (Å²) in [4.78, 5) is 6.28. The van der Waals surface area contributed by atoms with Crippen molar-refractivity contribution in [2.45, 2.75) is 19.3 Å². The van der Waals surface area contributed by atoms with Crippen molar-refractivity contribution in [3.63, 3.8) is 0 Å². The predicted molar refractivity (Wildman–Crippen MR) is 106 cm³/mol. The first kappa shape index (κ1) is 17.0. The smallest absolute Gasteiger partial charge is 0.155 e. The lowest BCUT2D eigenvalue weighted by Gasteiger charge is -2.35. The molecule has 0 saturated carbocycles. The zero-order valence-corrected chi connectivity index (χ0v) is 15.1. The summed E-state index contributed by atoms with van der Waals surface area (Å²) < 4.78 is 0. The van der Waals surface area contributed by atoms with E-state index in [2.05, 4.69) is 38.8 Å². The highest BCUT2D eigenvalue weighted by Crippen LogP contribution is 2.33. The minimum atomic E-state index is 0.382. The molecular weight excluding hydrogens is 334 g/mol. The van der Waals surface area contributed by atoms with E-state index in [1.165, 1.54) is 5.56 Å². The molecule has 1 N–H and O–H groups in total. The topological polar surface area (TPSA) is 68.6 Å². The van der Waals surface area contributed by atoms with Gasteiger partial charge in [-0.1, -0.05) is 18.7 Å². The third kappa shape index (κ3) is 3.61. The molecule has 0 amide bonds. The molecule has 0 spiro atoms. The lowest BCUT2D eigenvalue weighted by Crippen LogP contribution is -2.33. The van der Waals surface area contributed by atoms with Gasteiger partial charge in [0.25, 0.3) is 0 Å². The van der Waals surface area contributed by atoms with E-state index >= 15 is 0 Å². The molecule has 134 valence electrons. The zero-order valence-electron chi connectivity index (χ0n) is 15.1. The Kier molecular flexibility index (Phi) is 4.71. The number of anilines is 1. The highest BCUT2D eigenvalue weighted by Gasteiger charge is 2.26. The van der Waals surface area contributed by atoms with Gasteiger partial charge >= 0.3 is 0 Å². The molecule has 27 heavy (non-hydrogen) atoms. The summed E-state index contributed by atoms with van der Waals surface area (Å²) in [5.74, 6) is 1.30. The predicted octanol–water partition coefficient (Wildman–Crippen LogP) is 4.32. The summed E-state index contributed by atoms with van der Waals surface area (Å²) in [7, 11) is 0. The monoisotopic (exact) mass is 355 g/mol. The molecule has 1 aromatic carbocycles. The second kappa shape index (κ2) is 7.46. The second-order valence-electron chi connectivity index (χ2n) is 6.87. The number of piperidine rings is 1. The first-order valence-corrected chi connectivity index (χ1v) is 9.16. The Hall–Kier alpha value is -3.39. The normalized spacial score (nSPS) is 16.9. The van der Waals surface area contributed by atoms with Crippen molar-refractivity contribution < 1.29 is 0 Å². The zero-order chi connectivity index (χ0) is 18.6. The Morgan fingerprint density at radius 1 is 1.19 bits per heavy atom. The van der Waals surface area contributed by atoms with Gasteiger partial charge in [-0.2, -0.15) is 10.4 Å². The van der Waals surface area contributed by atoms with Gasteiger partial charge in [-0.05, 0) is 49.1 Å². The highest BCUT2D eigenvalue weighted by atomic mass is 15.3. The molecule has 4 rings (SSSR count). The van der Waals surface area contributed by atoms with Crippen LogP contribution in [0.25, 0.3) is 11.3 Å². The van der Waals surface area contributed by atoms with Crippen LogP contribution in [-0.2, 0) is 6.42 Å². The van der Waals surface area contributed by atoms with Crippen LogP contribution in [0.1, 0.15) is 24.0 Å². The van der Waals surface area contributed by atoms with Crippen LogP contribution in [0, 0.1) is 17.2 Å². The molecule has 1 saturated heterocycles. The van der Waals surface area contributed by atoms with E-state index in [4.69, 9.17) is 5.26 Å². The summed E-state index contributed by atoms with van der Waals surface area (Å²) in [6.45, 7) is 5.31. The van der Waals surface area contributed by atoms with Crippen LogP contribution in [0.15, 0.2) is 67.1 Å². The summed E-state index contributed by atoms with van der Waals surface area (Å²) in [6.07, 6.45) is 6.73. The molecule has 3 heterocycles. The average molecular weight is 355 g/mol. The van der Waals surface area contributed by atoms with Crippen molar-refractivity contribution in [2.24, 2.45) is 5.92 Å². The molecule has 1 aliphatic heterocycles. The summed E-state index contributed by atoms with van der Waals surface area (Å²) in [5, 5.41) is 16.6. The van der Waals surface area contributed by atoms with Gasteiger partial charge in [-0.15, -0.1) is 0 Å². The number of allylic oxidation sites excluding steroid dienone is 1. The maximum absolute atomic E-state index is 8.95. The van der Waals surface area contributed by atoms with Crippen molar-refractivity contribution in [2.75, 3.05) is 11.4 Å². The van der Waals surface area contributed by atoms with Crippen LogP contribution in [0.5, 0.6) is 0 Å². The van der Waals surface area contributed by atoms with Crippen molar-refractivity contribution in [1.29, 1.82) is 5.26 Å². The van der Waals surface area contributed by atoms with Gasteiger partial charge in [0.15, 0.2) is 5.82 Å². The maximum Gasteiger partial charge on any atom is 0.155 e. The van der Waals surface area contributed by atoms with Crippen molar-refractivity contribution in [3.05, 3.63) is 78.3 Å². The third-order valence-electron chi connectivity index (χ3n) is 5.15. The molecule has 5 heteroatoms. The maximum atomic E-state index is 8.95. The third-order valence-corrected chi connectivity index (χ3v) is 5.15. The fourth-order valence-corrected chi connectivity index (χ4v) is 3.64. The number of rotatable bonds is 4. The Bertz CT molecular complexity index is 966. The summed E-state index contributed by atoms with van der Waals surface area (Å²) in [6, 6.07) is 16.0. The number of nitriles is 1. The molecular formula is C22H21N5. The Morgan fingerprint density at radius 2 is 1.96 bits per heavy atom. The van der Waals surface area contributed by atoms with Crippen molar-refractivity contribution >= 4 is 5.82 Å². The van der Waals surface area contributed by atoms with Crippen LogP contribution in [0.4, 0.5) is 5.82 Å². The fourth-order valence-electron chi connectivity index (χ4n) is 3.64. The van der Waals surface area contributed by atoms with Crippen LogP contribution >= 0.6 is 0 Å². The molecule has 1 aliphatic rings. The first-order chi connectivity index (χ1) is 13.2. The number of nitrogens with one attached hydrogen (secondary N) is 1. The van der Waals surface area contributed by atoms with Crippen molar-refractivity contribution in [1.82, 2.24) is 15.2 Å². The summed E-state index contributed by atoms with van der Waals surface area (Å²) >= 11 is 0. The van der Waals surface area contributed by atoms with Gasteiger partial charge in [0.05, 0.1) is 17.3 Å². The fraction of sp³-hybridized carbons (Fsp3) is 0.227. The minimum absolute atomic E-state index is 0.382. The molecule has 1 fully saturated rings. The molecule has 1 atom stereocenters. The van der Waals surface area contributed by atoms with E-state index in [9.17, 15) is 0 Å². The number of aromatic amines is 1. The largest absolute Gasteiger partial charge is 0.329 e. The lowest BCUT2D eigenvalue weighted by atomic mass is 9.88. The molecule has 0 aliphatic carbocycles. The lowest BCUT2D eigenvalue weighted by molar-refractivity contribution is 0.473. The van der Waals surface area contributed by atoms with Crippen LogP contribution in [0.3, 0.4) is 0 Å². The number of aromatic nitrogens is 3.